The first-order valence-corrected chi connectivity index (χ1v) is 10.6. The van der Waals surface area contributed by atoms with E-state index in [1.54, 1.807) is 17.2 Å². The van der Waals surface area contributed by atoms with Crippen LogP contribution >= 0.6 is 15.9 Å². The SMILES string of the molecule is NC(=O)C1CC(C(=O)N(Cc2ccccn2)c2ccc(Br)cc2)=NN1c1ccc(F)cc1. The first-order chi connectivity index (χ1) is 15.4. The minimum atomic E-state index is -0.846. The molecule has 1 aromatic heterocycles. The van der Waals surface area contributed by atoms with Gasteiger partial charge in [0.25, 0.3) is 5.91 Å². The number of pyridine rings is 1. The Hall–Kier alpha value is -3.59. The molecule has 2 amide bonds. The number of aromatic nitrogens is 1. The molecule has 0 saturated carbocycles. The molecule has 0 bridgehead atoms. The van der Waals surface area contributed by atoms with Gasteiger partial charge in [0, 0.05) is 22.8 Å². The minimum absolute atomic E-state index is 0.0424. The molecule has 0 saturated heterocycles. The first-order valence-electron chi connectivity index (χ1n) is 9.81. The number of carbonyl (C=O) groups excluding carboxylic acids is 2. The van der Waals surface area contributed by atoms with Crippen LogP contribution in [0.3, 0.4) is 0 Å². The fourth-order valence-corrected chi connectivity index (χ4v) is 3.67. The number of rotatable bonds is 6. The summed E-state index contributed by atoms with van der Waals surface area (Å²) >= 11 is 3.40. The lowest BCUT2D eigenvalue weighted by Gasteiger charge is -2.22. The first kappa shape index (κ1) is 21.6. The molecule has 1 atom stereocenters. The van der Waals surface area contributed by atoms with Crippen molar-refractivity contribution in [2.24, 2.45) is 10.8 Å². The van der Waals surface area contributed by atoms with Crippen LogP contribution in [-0.4, -0.2) is 28.6 Å². The van der Waals surface area contributed by atoms with Crippen molar-refractivity contribution in [1.82, 2.24) is 4.98 Å². The van der Waals surface area contributed by atoms with Crippen molar-refractivity contribution in [3.63, 3.8) is 0 Å². The number of carbonyl (C=O) groups is 2. The maximum Gasteiger partial charge on any atom is 0.274 e. The zero-order valence-corrected chi connectivity index (χ0v) is 18.4. The molecule has 2 N–H and O–H groups in total. The van der Waals surface area contributed by atoms with E-state index in [-0.39, 0.29) is 24.6 Å². The van der Waals surface area contributed by atoms with Crippen molar-refractivity contribution in [2.75, 3.05) is 9.91 Å². The summed E-state index contributed by atoms with van der Waals surface area (Å²) in [5.41, 5.74) is 7.58. The van der Waals surface area contributed by atoms with Gasteiger partial charge in [-0.3, -0.25) is 19.6 Å². The average molecular weight is 496 g/mol. The molecule has 0 fully saturated rings. The van der Waals surface area contributed by atoms with Crippen LogP contribution in [0.25, 0.3) is 0 Å². The fraction of sp³-hybridized carbons (Fsp3) is 0.130. The maximum absolute atomic E-state index is 13.6. The number of anilines is 2. The highest BCUT2D eigenvalue weighted by molar-refractivity contribution is 9.10. The molecule has 1 aliphatic rings. The van der Waals surface area contributed by atoms with Gasteiger partial charge < -0.3 is 10.6 Å². The van der Waals surface area contributed by atoms with Crippen molar-refractivity contribution < 1.29 is 14.0 Å². The van der Waals surface area contributed by atoms with Crippen LogP contribution in [0.5, 0.6) is 0 Å². The third-order valence-corrected chi connectivity index (χ3v) is 5.54. The monoisotopic (exact) mass is 495 g/mol. The van der Waals surface area contributed by atoms with E-state index in [0.717, 1.165) is 4.47 Å². The van der Waals surface area contributed by atoms with Crippen LogP contribution in [0.1, 0.15) is 12.1 Å². The van der Waals surface area contributed by atoms with E-state index in [9.17, 15) is 14.0 Å². The van der Waals surface area contributed by atoms with E-state index in [0.29, 0.717) is 17.1 Å². The number of benzene rings is 2. The number of halogens is 2. The second kappa shape index (κ2) is 9.27. The van der Waals surface area contributed by atoms with Gasteiger partial charge in [-0.15, -0.1) is 0 Å². The van der Waals surface area contributed by atoms with Crippen LogP contribution in [-0.2, 0) is 16.1 Å². The number of hydrogen-bond donors (Lipinski definition) is 1. The molecule has 3 aromatic rings. The van der Waals surface area contributed by atoms with Crippen LogP contribution < -0.4 is 15.6 Å². The van der Waals surface area contributed by atoms with Gasteiger partial charge in [0.15, 0.2) is 0 Å². The summed E-state index contributed by atoms with van der Waals surface area (Å²) in [5.74, 6) is -1.41. The van der Waals surface area contributed by atoms with Crippen molar-refractivity contribution in [3.8, 4) is 0 Å². The molecule has 2 heterocycles. The molecule has 32 heavy (non-hydrogen) atoms. The normalized spacial score (nSPS) is 15.4. The maximum atomic E-state index is 13.6. The van der Waals surface area contributed by atoms with Gasteiger partial charge in [-0.2, -0.15) is 5.10 Å². The number of primary amides is 1. The largest absolute Gasteiger partial charge is 0.368 e. The topological polar surface area (TPSA) is 91.9 Å². The zero-order chi connectivity index (χ0) is 22.7. The Morgan fingerprint density at radius 3 is 2.44 bits per heavy atom. The van der Waals surface area contributed by atoms with E-state index in [2.05, 4.69) is 26.0 Å². The predicted molar refractivity (Wildman–Crippen MR) is 123 cm³/mol. The minimum Gasteiger partial charge on any atom is -0.368 e. The van der Waals surface area contributed by atoms with Gasteiger partial charge in [0.2, 0.25) is 5.91 Å². The number of nitrogens with two attached hydrogens (primary N) is 1. The van der Waals surface area contributed by atoms with Gasteiger partial charge in [-0.05, 0) is 60.7 Å². The number of amides is 2. The van der Waals surface area contributed by atoms with Gasteiger partial charge >= 0.3 is 0 Å². The highest BCUT2D eigenvalue weighted by Crippen LogP contribution is 2.27. The Kier molecular flexibility index (Phi) is 6.27. The van der Waals surface area contributed by atoms with Crippen molar-refractivity contribution in [2.45, 2.75) is 19.0 Å². The summed E-state index contributed by atoms with van der Waals surface area (Å²) in [5, 5.41) is 5.77. The van der Waals surface area contributed by atoms with E-state index >= 15 is 0 Å². The van der Waals surface area contributed by atoms with E-state index < -0.39 is 17.8 Å². The standard InChI is InChI=1S/C23H19BrFN5O2/c24-15-4-8-18(9-5-15)29(14-17-3-1-2-12-27-17)23(32)20-13-21(22(26)31)30(28-20)19-10-6-16(25)7-11-19/h1-12,21H,13-14H2,(H2,26,31). The molecule has 1 aliphatic heterocycles. The van der Waals surface area contributed by atoms with Crippen LogP contribution in [0.2, 0.25) is 0 Å². The van der Waals surface area contributed by atoms with Gasteiger partial charge in [-0.25, -0.2) is 4.39 Å². The highest BCUT2D eigenvalue weighted by atomic mass is 79.9. The molecule has 162 valence electrons. The Labute approximate surface area is 192 Å². The summed E-state index contributed by atoms with van der Waals surface area (Å²) < 4.78 is 14.2. The quantitative estimate of drug-likeness (QED) is 0.564. The third kappa shape index (κ3) is 4.67. The van der Waals surface area contributed by atoms with E-state index in [4.69, 9.17) is 5.73 Å². The van der Waals surface area contributed by atoms with Crippen LogP contribution in [0, 0.1) is 5.82 Å². The smallest absolute Gasteiger partial charge is 0.274 e. The second-order valence-electron chi connectivity index (χ2n) is 7.18. The summed E-state index contributed by atoms with van der Waals surface area (Å²) in [6.45, 7) is 0.220. The van der Waals surface area contributed by atoms with Crippen molar-refractivity contribution in [3.05, 3.63) is 88.9 Å². The molecule has 4 rings (SSSR count). The third-order valence-electron chi connectivity index (χ3n) is 5.01. The summed E-state index contributed by atoms with van der Waals surface area (Å²) in [7, 11) is 0. The number of hydrazone groups is 1. The Bertz CT molecular complexity index is 1150. The van der Waals surface area contributed by atoms with Crippen LogP contribution in [0.15, 0.2) is 82.5 Å². The predicted octanol–water partition coefficient (Wildman–Crippen LogP) is 3.64. The fourth-order valence-electron chi connectivity index (χ4n) is 3.40. The Balaban J connectivity index is 1.68. The zero-order valence-electron chi connectivity index (χ0n) is 16.9. The van der Waals surface area contributed by atoms with Crippen LogP contribution in [0.4, 0.5) is 15.8 Å². The Morgan fingerprint density at radius 1 is 1.09 bits per heavy atom. The highest BCUT2D eigenvalue weighted by Gasteiger charge is 2.37. The summed E-state index contributed by atoms with van der Waals surface area (Å²) in [4.78, 5) is 31.5. The molecular formula is C23H19BrFN5O2. The molecule has 1 unspecified atom stereocenters. The lowest BCUT2D eigenvalue weighted by atomic mass is 10.1. The molecule has 0 radical (unpaired) electrons. The average Bonchev–Trinajstić information content (AvgIpc) is 3.25. The number of hydrogen-bond acceptors (Lipinski definition) is 5. The lowest BCUT2D eigenvalue weighted by Crippen LogP contribution is -2.40. The molecule has 0 spiro atoms. The molecular weight excluding hydrogens is 477 g/mol. The molecule has 7 nitrogen and oxygen atoms in total. The second-order valence-corrected chi connectivity index (χ2v) is 8.09. The lowest BCUT2D eigenvalue weighted by molar-refractivity contribution is -0.119. The number of nitrogens with zero attached hydrogens (tertiary/aromatic N) is 4. The van der Waals surface area contributed by atoms with E-state index in [1.807, 2.05) is 36.4 Å². The van der Waals surface area contributed by atoms with Gasteiger partial charge in [0.05, 0.1) is 17.9 Å². The summed E-state index contributed by atoms with van der Waals surface area (Å²) in [6.07, 6.45) is 1.70. The van der Waals surface area contributed by atoms with Gasteiger partial charge in [0.1, 0.15) is 17.6 Å². The summed E-state index contributed by atoms with van der Waals surface area (Å²) in [6, 6.07) is 17.4. The van der Waals surface area contributed by atoms with Crippen molar-refractivity contribution >= 4 is 44.8 Å². The molecule has 0 aliphatic carbocycles. The molecule has 2 aromatic carbocycles. The van der Waals surface area contributed by atoms with E-state index in [1.165, 1.54) is 29.3 Å². The van der Waals surface area contributed by atoms with Gasteiger partial charge in [-0.1, -0.05) is 22.0 Å². The molecule has 9 heteroatoms. The Morgan fingerprint density at radius 2 is 1.81 bits per heavy atom. The van der Waals surface area contributed by atoms with Crippen molar-refractivity contribution in [1.29, 1.82) is 0 Å².